The predicted octanol–water partition coefficient (Wildman–Crippen LogP) is 2.50. The van der Waals surface area contributed by atoms with Crippen LogP contribution in [0.3, 0.4) is 0 Å². The summed E-state index contributed by atoms with van der Waals surface area (Å²) in [7, 11) is 0. The van der Waals surface area contributed by atoms with Crippen molar-refractivity contribution in [2.75, 3.05) is 5.75 Å². The maximum absolute atomic E-state index is 10.8. The third-order valence-electron chi connectivity index (χ3n) is 3.07. The Morgan fingerprint density at radius 2 is 2.48 bits per heavy atom. The summed E-state index contributed by atoms with van der Waals surface area (Å²) < 4.78 is 12.4. The van der Waals surface area contributed by atoms with Crippen molar-refractivity contribution in [3.63, 3.8) is 0 Å². The first kappa shape index (κ1) is 14.4. The third kappa shape index (κ3) is 2.52. The quantitative estimate of drug-likeness (QED) is 0.677. The lowest BCUT2D eigenvalue weighted by Gasteiger charge is -2.25. The molecule has 3 rings (SSSR count). The first-order chi connectivity index (χ1) is 10.0. The Kier molecular flexibility index (Phi) is 3.64. The van der Waals surface area contributed by atoms with Crippen molar-refractivity contribution in [3.8, 4) is 0 Å². The SMILES string of the molecule is CC[C@]1(OC(=O)O)O[C@@H](n2cnc3ncnc(Cl)c32)CS1. The van der Waals surface area contributed by atoms with Crippen LogP contribution in [0, 0.1) is 0 Å². The van der Waals surface area contributed by atoms with Gasteiger partial charge < -0.3 is 14.6 Å². The normalized spacial score (nSPS) is 25.3. The number of carbonyl (C=O) groups is 1. The molecular formula is C11H11ClN4O4S. The van der Waals surface area contributed by atoms with Gasteiger partial charge in [0.25, 0.3) is 5.12 Å². The second kappa shape index (κ2) is 5.32. The fourth-order valence-electron chi connectivity index (χ4n) is 2.11. The third-order valence-corrected chi connectivity index (χ3v) is 4.70. The number of hydrogen-bond donors (Lipinski definition) is 1. The van der Waals surface area contributed by atoms with Crippen molar-refractivity contribution in [1.29, 1.82) is 0 Å². The van der Waals surface area contributed by atoms with Gasteiger partial charge in [-0.15, -0.1) is 0 Å². The van der Waals surface area contributed by atoms with Gasteiger partial charge in [-0.1, -0.05) is 30.3 Å². The maximum Gasteiger partial charge on any atom is 0.508 e. The molecule has 0 unspecified atom stereocenters. The number of carboxylic acid groups (broad SMARTS) is 1. The average molecular weight is 331 g/mol. The van der Waals surface area contributed by atoms with E-state index in [0.29, 0.717) is 23.3 Å². The molecule has 2 aromatic heterocycles. The summed E-state index contributed by atoms with van der Waals surface area (Å²) in [5, 5.41) is 7.88. The van der Waals surface area contributed by atoms with E-state index < -0.39 is 17.5 Å². The molecule has 0 spiro atoms. The minimum atomic E-state index is -1.37. The number of ether oxygens (including phenoxy) is 2. The Morgan fingerprint density at radius 1 is 1.67 bits per heavy atom. The molecule has 1 fully saturated rings. The summed E-state index contributed by atoms with van der Waals surface area (Å²) in [6.45, 7) is 1.79. The van der Waals surface area contributed by atoms with Crippen LogP contribution in [0.1, 0.15) is 19.6 Å². The van der Waals surface area contributed by atoms with Crippen molar-refractivity contribution in [2.45, 2.75) is 24.7 Å². The zero-order valence-electron chi connectivity index (χ0n) is 10.9. The van der Waals surface area contributed by atoms with Crippen LogP contribution in [0.4, 0.5) is 4.79 Å². The van der Waals surface area contributed by atoms with Crippen LogP contribution < -0.4 is 0 Å². The highest BCUT2D eigenvalue weighted by molar-refractivity contribution is 8.00. The predicted molar refractivity (Wildman–Crippen MR) is 75.0 cm³/mol. The van der Waals surface area contributed by atoms with Gasteiger partial charge in [-0.2, -0.15) is 0 Å². The zero-order valence-corrected chi connectivity index (χ0v) is 12.5. The summed E-state index contributed by atoms with van der Waals surface area (Å²) in [5.74, 6) is 0.498. The topological polar surface area (TPSA) is 99.4 Å². The van der Waals surface area contributed by atoms with E-state index in [1.807, 2.05) is 0 Å². The van der Waals surface area contributed by atoms with Gasteiger partial charge in [0.15, 0.2) is 10.8 Å². The molecule has 21 heavy (non-hydrogen) atoms. The minimum absolute atomic E-state index is 0.263. The van der Waals surface area contributed by atoms with Crippen LogP contribution in [-0.2, 0) is 9.47 Å². The summed E-state index contributed by atoms with van der Waals surface area (Å²) in [6.07, 6.45) is 1.43. The van der Waals surface area contributed by atoms with E-state index in [9.17, 15) is 4.79 Å². The Morgan fingerprint density at radius 3 is 3.19 bits per heavy atom. The Bertz CT molecular complexity index is 696. The number of hydrogen-bond acceptors (Lipinski definition) is 7. The Labute approximate surface area is 128 Å². The monoisotopic (exact) mass is 330 g/mol. The number of aromatic nitrogens is 4. The van der Waals surface area contributed by atoms with Gasteiger partial charge in [0, 0.05) is 12.2 Å². The van der Waals surface area contributed by atoms with Crippen molar-refractivity contribution < 1.29 is 19.4 Å². The van der Waals surface area contributed by atoms with Crippen LogP contribution in [-0.4, -0.2) is 41.7 Å². The molecule has 1 aliphatic heterocycles. The van der Waals surface area contributed by atoms with Crippen LogP contribution in [0.15, 0.2) is 12.7 Å². The second-order valence-corrected chi connectivity index (χ2v) is 5.88. The number of thioether (sulfide) groups is 1. The van der Waals surface area contributed by atoms with Gasteiger partial charge in [0.1, 0.15) is 18.1 Å². The Balaban J connectivity index is 1.93. The van der Waals surface area contributed by atoms with Crippen LogP contribution in [0.5, 0.6) is 0 Å². The van der Waals surface area contributed by atoms with E-state index in [1.54, 1.807) is 17.8 Å². The van der Waals surface area contributed by atoms with Crippen molar-refractivity contribution in [2.24, 2.45) is 0 Å². The molecule has 0 amide bonds. The standard InChI is InChI=1S/C11H11ClN4O4S/c1-2-11(20-10(17)18)19-6(3-21-11)16-5-15-9-7(16)8(12)13-4-14-9/h4-6H,2-3H2,1H3,(H,17,18)/t6-,11-/m1/s1. The smallest absolute Gasteiger partial charge is 0.450 e. The molecule has 2 atom stereocenters. The fourth-order valence-corrected chi connectivity index (χ4v) is 3.48. The molecule has 8 nitrogen and oxygen atoms in total. The largest absolute Gasteiger partial charge is 0.508 e. The summed E-state index contributed by atoms with van der Waals surface area (Å²) >= 11 is 7.35. The van der Waals surface area contributed by atoms with Crippen LogP contribution >= 0.6 is 23.4 Å². The molecule has 0 saturated carbocycles. The summed E-state index contributed by atoms with van der Waals surface area (Å²) in [4.78, 5) is 22.9. The molecule has 1 N–H and O–H groups in total. The first-order valence-electron chi connectivity index (χ1n) is 6.11. The molecule has 2 aromatic rings. The lowest BCUT2D eigenvalue weighted by atomic mass is 10.4. The first-order valence-corrected chi connectivity index (χ1v) is 7.48. The molecule has 1 aliphatic rings. The lowest BCUT2D eigenvalue weighted by Crippen LogP contribution is -2.31. The van der Waals surface area contributed by atoms with Gasteiger partial charge in [-0.3, -0.25) is 4.57 Å². The van der Waals surface area contributed by atoms with E-state index in [2.05, 4.69) is 15.0 Å². The highest BCUT2D eigenvalue weighted by atomic mass is 35.5. The molecule has 3 heterocycles. The molecule has 0 bridgehead atoms. The van der Waals surface area contributed by atoms with Gasteiger partial charge in [0.05, 0.1) is 6.33 Å². The van der Waals surface area contributed by atoms with Crippen LogP contribution in [0.2, 0.25) is 5.15 Å². The van der Waals surface area contributed by atoms with E-state index in [4.69, 9.17) is 26.2 Å². The van der Waals surface area contributed by atoms with Crippen molar-refractivity contribution in [3.05, 3.63) is 17.8 Å². The summed E-state index contributed by atoms with van der Waals surface area (Å²) in [5.41, 5.74) is 1.00. The minimum Gasteiger partial charge on any atom is -0.450 e. The van der Waals surface area contributed by atoms with Gasteiger partial charge >= 0.3 is 6.16 Å². The number of fused-ring (bicyclic) bond motifs is 1. The highest BCUT2D eigenvalue weighted by Gasteiger charge is 2.44. The number of halogens is 1. The maximum atomic E-state index is 10.8. The summed E-state index contributed by atoms with van der Waals surface area (Å²) in [6, 6.07) is 0. The van der Waals surface area contributed by atoms with Crippen LogP contribution in [0.25, 0.3) is 11.2 Å². The van der Waals surface area contributed by atoms with E-state index in [0.717, 1.165) is 0 Å². The molecular weight excluding hydrogens is 320 g/mol. The molecule has 0 radical (unpaired) electrons. The molecule has 0 aliphatic carbocycles. The lowest BCUT2D eigenvalue weighted by molar-refractivity contribution is -0.174. The van der Waals surface area contributed by atoms with E-state index in [-0.39, 0.29) is 5.15 Å². The highest BCUT2D eigenvalue weighted by Crippen LogP contribution is 2.45. The molecule has 1 saturated heterocycles. The van der Waals surface area contributed by atoms with E-state index >= 15 is 0 Å². The van der Waals surface area contributed by atoms with Gasteiger partial charge in [-0.05, 0) is 0 Å². The molecule has 0 aromatic carbocycles. The number of nitrogens with zero attached hydrogens (tertiary/aromatic N) is 4. The molecule has 112 valence electrons. The fraction of sp³-hybridized carbons (Fsp3) is 0.455. The molecule has 10 heteroatoms. The number of imidazole rings is 1. The van der Waals surface area contributed by atoms with Gasteiger partial charge in [0.2, 0.25) is 0 Å². The van der Waals surface area contributed by atoms with Crippen molar-refractivity contribution in [1.82, 2.24) is 19.5 Å². The van der Waals surface area contributed by atoms with E-state index in [1.165, 1.54) is 18.1 Å². The van der Waals surface area contributed by atoms with Gasteiger partial charge in [-0.25, -0.2) is 19.7 Å². The zero-order chi connectivity index (χ0) is 15.0. The van der Waals surface area contributed by atoms with Crippen molar-refractivity contribution >= 4 is 40.7 Å². The Hall–Kier alpha value is -1.58. The number of rotatable bonds is 3. The average Bonchev–Trinajstić information content (AvgIpc) is 3.03. The second-order valence-electron chi connectivity index (χ2n) is 4.28.